The summed E-state index contributed by atoms with van der Waals surface area (Å²) in [6.45, 7) is 5.20. The first kappa shape index (κ1) is 22.4. The largest absolute Gasteiger partial charge is 0.324 e. The molecule has 182 valence electrons. The number of halogens is 1. The highest BCUT2D eigenvalue weighted by molar-refractivity contribution is 5.77. The van der Waals surface area contributed by atoms with Gasteiger partial charge in [-0.1, -0.05) is 6.07 Å². The van der Waals surface area contributed by atoms with Gasteiger partial charge >= 0.3 is 0 Å². The molecule has 3 aromatic heterocycles. The third kappa shape index (κ3) is 3.72. The van der Waals surface area contributed by atoms with Crippen LogP contribution in [0.3, 0.4) is 0 Å². The molecule has 0 radical (unpaired) electrons. The molecule has 9 nitrogen and oxygen atoms in total. The molecule has 0 spiro atoms. The van der Waals surface area contributed by atoms with Crippen LogP contribution in [0.4, 0.5) is 16.0 Å². The fourth-order valence-electron chi connectivity index (χ4n) is 4.58. The van der Waals surface area contributed by atoms with E-state index in [4.69, 9.17) is 0 Å². The second kappa shape index (κ2) is 8.24. The van der Waals surface area contributed by atoms with Crippen LogP contribution >= 0.6 is 0 Å². The Labute approximate surface area is 206 Å². The first-order valence-electron chi connectivity index (χ1n) is 12.0. The topological polar surface area (TPSA) is 113 Å². The van der Waals surface area contributed by atoms with E-state index in [1.54, 1.807) is 13.8 Å². The van der Waals surface area contributed by atoms with Gasteiger partial charge in [0, 0.05) is 18.4 Å². The van der Waals surface area contributed by atoms with Crippen LogP contribution in [0.25, 0.3) is 16.9 Å². The first-order chi connectivity index (χ1) is 17.4. The Hall–Kier alpha value is -4.10. The molecule has 1 fully saturated rings. The Morgan fingerprint density at radius 1 is 1.19 bits per heavy atom. The second-order valence-electron chi connectivity index (χ2n) is 9.90. The maximum Gasteiger partial charge on any atom is 0.278 e. The summed E-state index contributed by atoms with van der Waals surface area (Å²) >= 11 is 0. The van der Waals surface area contributed by atoms with E-state index >= 15 is 4.39 Å². The molecule has 1 aliphatic carbocycles. The quantitative estimate of drug-likeness (QED) is 0.445. The molecule has 0 bridgehead atoms. The Bertz CT molecular complexity index is 1610. The Balaban J connectivity index is 1.49. The van der Waals surface area contributed by atoms with Crippen molar-refractivity contribution in [2.45, 2.75) is 51.1 Å². The summed E-state index contributed by atoms with van der Waals surface area (Å²) in [5.74, 6) is -0.365. The van der Waals surface area contributed by atoms with Gasteiger partial charge in [-0.3, -0.25) is 4.79 Å². The van der Waals surface area contributed by atoms with E-state index in [1.807, 2.05) is 6.07 Å². The normalized spacial score (nSPS) is 15.5. The second-order valence-corrected chi connectivity index (χ2v) is 9.90. The fraction of sp³-hybridized carbons (Fsp3) is 0.346. The Morgan fingerprint density at radius 2 is 2.03 bits per heavy atom. The molecular formula is C26H25FN8O. The molecule has 0 atom stereocenters. The van der Waals surface area contributed by atoms with Crippen molar-refractivity contribution >= 4 is 22.7 Å². The monoisotopic (exact) mass is 484 g/mol. The van der Waals surface area contributed by atoms with Crippen molar-refractivity contribution in [3.05, 3.63) is 69.5 Å². The highest BCUT2D eigenvalue weighted by Gasteiger charge is 2.33. The van der Waals surface area contributed by atoms with Crippen LogP contribution in [0.15, 0.2) is 41.3 Å². The van der Waals surface area contributed by atoms with Crippen LogP contribution < -0.4 is 16.2 Å². The van der Waals surface area contributed by atoms with Gasteiger partial charge < -0.3 is 10.6 Å². The lowest BCUT2D eigenvalue weighted by atomic mass is 9.91. The van der Waals surface area contributed by atoms with Crippen molar-refractivity contribution in [3.8, 4) is 11.9 Å². The molecule has 4 aromatic rings. The van der Waals surface area contributed by atoms with Crippen molar-refractivity contribution in [2.24, 2.45) is 0 Å². The molecule has 1 aliphatic heterocycles. The minimum absolute atomic E-state index is 0.0562. The zero-order valence-corrected chi connectivity index (χ0v) is 20.0. The third-order valence-electron chi connectivity index (χ3n) is 6.81. The van der Waals surface area contributed by atoms with Gasteiger partial charge in [-0.15, -0.1) is 0 Å². The van der Waals surface area contributed by atoms with E-state index in [-0.39, 0.29) is 28.5 Å². The lowest BCUT2D eigenvalue weighted by molar-refractivity contribution is 0.518. The van der Waals surface area contributed by atoms with Gasteiger partial charge in [0.15, 0.2) is 17.3 Å². The van der Waals surface area contributed by atoms with E-state index in [9.17, 15) is 10.1 Å². The van der Waals surface area contributed by atoms with Crippen molar-refractivity contribution in [1.82, 2.24) is 29.6 Å². The van der Waals surface area contributed by atoms with E-state index in [0.29, 0.717) is 11.6 Å². The summed E-state index contributed by atoms with van der Waals surface area (Å²) in [7, 11) is 0. The van der Waals surface area contributed by atoms with Gasteiger partial charge in [0.05, 0.1) is 23.2 Å². The molecule has 0 saturated heterocycles. The summed E-state index contributed by atoms with van der Waals surface area (Å²) < 4.78 is 18.2. The SMILES string of the molecule is CC(C)(C#N)c1ccc(F)c(-n2c3nc(Nc4ccc5c(c4)CNCC5)ncc3c(=O)n2C2CC2)n1. The number of anilines is 2. The number of benzene rings is 1. The molecule has 2 aliphatic rings. The average molecular weight is 485 g/mol. The lowest BCUT2D eigenvalue weighted by Crippen LogP contribution is -2.24. The zero-order chi connectivity index (χ0) is 25.0. The van der Waals surface area contributed by atoms with Crippen LogP contribution in [0.5, 0.6) is 0 Å². The standard InChI is InChI=1S/C26H25FN8O/c1-26(2,14-28)21-8-7-20(27)23(32-21)35-22-19(24(36)34(35)18-5-6-18)13-30-25(33-22)31-17-4-3-15-9-10-29-12-16(15)11-17/h3-4,7-8,11,13,18,29H,5-6,9-10,12H2,1-2H3,(H,30,31,33). The van der Waals surface area contributed by atoms with Gasteiger partial charge in [-0.2, -0.15) is 10.2 Å². The Kier molecular flexibility index (Phi) is 5.12. The lowest BCUT2D eigenvalue weighted by Gasteiger charge is -2.18. The molecule has 36 heavy (non-hydrogen) atoms. The molecule has 0 amide bonds. The van der Waals surface area contributed by atoms with Crippen molar-refractivity contribution in [1.29, 1.82) is 5.26 Å². The number of fused-ring (bicyclic) bond motifs is 2. The van der Waals surface area contributed by atoms with Crippen LogP contribution in [0.2, 0.25) is 0 Å². The summed E-state index contributed by atoms with van der Waals surface area (Å²) in [6, 6.07) is 11.1. The fourth-order valence-corrected chi connectivity index (χ4v) is 4.58. The number of rotatable bonds is 5. The van der Waals surface area contributed by atoms with E-state index in [2.05, 4.69) is 43.8 Å². The summed E-state index contributed by atoms with van der Waals surface area (Å²) in [6.07, 6.45) is 4.08. The summed E-state index contributed by atoms with van der Waals surface area (Å²) in [5.41, 5.74) is 2.81. The van der Waals surface area contributed by atoms with Crippen LogP contribution in [0.1, 0.15) is 49.6 Å². The number of nitriles is 1. The first-order valence-corrected chi connectivity index (χ1v) is 12.0. The number of hydrogen-bond acceptors (Lipinski definition) is 7. The minimum atomic E-state index is -0.931. The molecular weight excluding hydrogens is 459 g/mol. The van der Waals surface area contributed by atoms with Crippen LogP contribution in [-0.4, -0.2) is 30.9 Å². The predicted octanol–water partition coefficient (Wildman–Crippen LogP) is 3.64. The number of aromatic nitrogens is 5. The smallest absolute Gasteiger partial charge is 0.278 e. The molecule has 2 N–H and O–H groups in total. The highest BCUT2D eigenvalue weighted by atomic mass is 19.1. The van der Waals surface area contributed by atoms with Crippen LogP contribution in [-0.2, 0) is 18.4 Å². The highest BCUT2D eigenvalue weighted by Crippen LogP contribution is 2.36. The summed E-state index contributed by atoms with van der Waals surface area (Å²) in [5, 5.41) is 16.5. The number of pyridine rings is 1. The zero-order valence-electron chi connectivity index (χ0n) is 20.0. The van der Waals surface area contributed by atoms with Crippen molar-refractivity contribution in [3.63, 3.8) is 0 Å². The molecule has 1 saturated carbocycles. The summed E-state index contributed by atoms with van der Waals surface area (Å²) in [4.78, 5) is 26.8. The average Bonchev–Trinajstić information content (AvgIpc) is 3.68. The molecule has 1 aromatic carbocycles. The molecule has 0 unspecified atom stereocenters. The maximum atomic E-state index is 15.2. The van der Waals surface area contributed by atoms with Gasteiger partial charge in [0.2, 0.25) is 5.95 Å². The number of hydrogen-bond donors (Lipinski definition) is 2. The number of nitrogens with zero attached hydrogens (tertiary/aromatic N) is 6. The van der Waals surface area contributed by atoms with Crippen LogP contribution in [0, 0.1) is 17.1 Å². The maximum absolute atomic E-state index is 15.2. The molecule has 4 heterocycles. The van der Waals surface area contributed by atoms with Gasteiger partial charge in [-0.25, -0.2) is 23.7 Å². The molecule has 6 rings (SSSR count). The van der Waals surface area contributed by atoms with Crippen molar-refractivity contribution in [2.75, 3.05) is 11.9 Å². The van der Waals surface area contributed by atoms with E-state index in [0.717, 1.165) is 38.0 Å². The van der Waals surface area contributed by atoms with Gasteiger partial charge in [0.25, 0.3) is 5.56 Å². The number of nitrogens with one attached hydrogen (secondary N) is 2. The Morgan fingerprint density at radius 3 is 2.81 bits per heavy atom. The van der Waals surface area contributed by atoms with Gasteiger partial charge in [0.1, 0.15) is 5.39 Å². The minimum Gasteiger partial charge on any atom is -0.324 e. The van der Waals surface area contributed by atoms with E-state index < -0.39 is 11.2 Å². The van der Waals surface area contributed by atoms with Gasteiger partial charge in [-0.05, 0) is 75.0 Å². The predicted molar refractivity (Wildman–Crippen MR) is 133 cm³/mol. The van der Waals surface area contributed by atoms with E-state index in [1.165, 1.54) is 38.8 Å². The molecule has 10 heteroatoms. The van der Waals surface area contributed by atoms with Crippen molar-refractivity contribution < 1.29 is 4.39 Å². The third-order valence-corrected chi connectivity index (χ3v) is 6.81.